The van der Waals surface area contributed by atoms with Crippen LogP contribution in [0.15, 0.2) is 42.7 Å². The number of hydrogen-bond acceptors (Lipinski definition) is 2. The van der Waals surface area contributed by atoms with E-state index < -0.39 is 0 Å². The van der Waals surface area contributed by atoms with Crippen molar-refractivity contribution in [1.82, 2.24) is 4.98 Å². The molecule has 0 N–H and O–H groups in total. The van der Waals surface area contributed by atoms with E-state index in [0.717, 1.165) is 9.32 Å². The van der Waals surface area contributed by atoms with Gasteiger partial charge in [-0.2, -0.15) is 0 Å². The van der Waals surface area contributed by atoms with Gasteiger partial charge >= 0.3 is 0 Å². The second kappa shape index (κ2) is 4.81. The number of rotatable bonds is 2. The molecule has 0 aliphatic carbocycles. The molecule has 0 atom stereocenters. The normalized spacial score (nSPS) is 10.0. The third-order valence-electron chi connectivity index (χ3n) is 1.76. The minimum atomic E-state index is 0.511. The van der Waals surface area contributed by atoms with E-state index in [1.54, 1.807) is 18.5 Å². The van der Waals surface area contributed by atoms with Crippen molar-refractivity contribution in [1.29, 1.82) is 0 Å². The molecule has 15 heavy (non-hydrogen) atoms. The van der Waals surface area contributed by atoms with Crippen LogP contribution in [-0.2, 0) is 0 Å². The predicted octanol–water partition coefficient (Wildman–Crippen LogP) is 4.13. The average molecular weight is 332 g/mol. The van der Waals surface area contributed by atoms with Crippen LogP contribution in [0, 0.1) is 3.57 Å². The highest BCUT2D eigenvalue weighted by Crippen LogP contribution is 2.28. The first kappa shape index (κ1) is 10.7. The molecule has 2 nitrogen and oxygen atoms in total. The van der Waals surface area contributed by atoms with Crippen molar-refractivity contribution in [2.24, 2.45) is 0 Å². The Labute approximate surface area is 106 Å². The number of benzene rings is 1. The van der Waals surface area contributed by atoms with Crippen molar-refractivity contribution < 1.29 is 4.74 Å². The van der Waals surface area contributed by atoms with Gasteiger partial charge in [-0.25, -0.2) is 0 Å². The Morgan fingerprint density at radius 2 is 2.13 bits per heavy atom. The molecule has 0 saturated carbocycles. The van der Waals surface area contributed by atoms with Crippen LogP contribution < -0.4 is 4.74 Å². The van der Waals surface area contributed by atoms with E-state index in [0.29, 0.717) is 10.8 Å². The summed E-state index contributed by atoms with van der Waals surface area (Å²) in [5, 5.41) is 0.511. The van der Waals surface area contributed by atoms with E-state index >= 15 is 0 Å². The third kappa shape index (κ3) is 2.82. The largest absolute Gasteiger partial charge is 0.456 e. The number of aromatic nitrogens is 1. The standard InChI is InChI=1S/C11H7ClINO/c12-10-7-14-5-4-11(10)15-9-3-1-2-8(13)6-9/h1-7H. The van der Waals surface area contributed by atoms with Gasteiger partial charge in [0.1, 0.15) is 16.5 Å². The maximum atomic E-state index is 5.92. The van der Waals surface area contributed by atoms with Crippen LogP contribution in [0.25, 0.3) is 0 Å². The summed E-state index contributed by atoms with van der Waals surface area (Å²) in [6.07, 6.45) is 3.21. The molecule has 4 heteroatoms. The van der Waals surface area contributed by atoms with Crippen molar-refractivity contribution in [2.45, 2.75) is 0 Å². The van der Waals surface area contributed by atoms with E-state index in [2.05, 4.69) is 27.6 Å². The zero-order valence-electron chi connectivity index (χ0n) is 7.65. The molecule has 1 aromatic heterocycles. The van der Waals surface area contributed by atoms with Crippen LogP contribution in [0.3, 0.4) is 0 Å². The van der Waals surface area contributed by atoms with Gasteiger partial charge in [0.15, 0.2) is 0 Å². The van der Waals surface area contributed by atoms with Crippen LogP contribution >= 0.6 is 34.2 Å². The summed E-state index contributed by atoms with van der Waals surface area (Å²) in [6.45, 7) is 0. The Hall–Kier alpha value is -0.810. The quantitative estimate of drug-likeness (QED) is 0.772. The molecule has 76 valence electrons. The molecule has 0 bridgehead atoms. The smallest absolute Gasteiger partial charge is 0.149 e. The van der Waals surface area contributed by atoms with Crippen LogP contribution in [-0.4, -0.2) is 4.98 Å². The first-order chi connectivity index (χ1) is 7.25. The number of pyridine rings is 1. The van der Waals surface area contributed by atoms with E-state index in [4.69, 9.17) is 16.3 Å². The van der Waals surface area contributed by atoms with Gasteiger partial charge in [-0.15, -0.1) is 0 Å². The lowest BCUT2D eigenvalue weighted by Gasteiger charge is -2.06. The van der Waals surface area contributed by atoms with Crippen LogP contribution in [0.1, 0.15) is 0 Å². The summed E-state index contributed by atoms with van der Waals surface area (Å²) in [5.74, 6) is 1.39. The Morgan fingerprint density at radius 1 is 1.27 bits per heavy atom. The summed E-state index contributed by atoms with van der Waals surface area (Å²) >= 11 is 8.16. The molecule has 0 aliphatic rings. The molecule has 0 aliphatic heterocycles. The summed E-state index contributed by atoms with van der Waals surface area (Å²) in [6, 6.07) is 9.51. The van der Waals surface area contributed by atoms with Crippen molar-refractivity contribution in [2.75, 3.05) is 0 Å². The van der Waals surface area contributed by atoms with E-state index in [-0.39, 0.29) is 0 Å². The van der Waals surface area contributed by atoms with Gasteiger partial charge in [-0.3, -0.25) is 4.98 Å². The van der Waals surface area contributed by atoms with Gasteiger partial charge in [0.25, 0.3) is 0 Å². The molecule has 0 fully saturated rings. The van der Waals surface area contributed by atoms with Gasteiger partial charge < -0.3 is 4.74 Å². The Morgan fingerprint density at radius 3 is 2.87 bits per heavy atom. The lowest BCUT2D eigenvalue weighted by molar-refractivity contribution is 0.482. The van der Waals surface area contributed by atoms with E-state index in [1.807, 2.05) is 24.3 Å². The second-order valence-electron chi connectivity index (χ2n) is 2.87. The average Bonchev–Trinajstić information content (AvgIpc) is 2.22. The highest BCUT2D eigenvalue weighted by atomic mass is 127. The van der Waals surface area contributed by atoms with E-state index in [1.165, 1.54) is 0 Å². The summed E-state index contributed by atoms with van der Waals surface area (Å²) in [7, 11) is 0. The lowest BCUT2D eigenvalue weighted by Crippen LogP contribution is -1.86. The second-order valence-corrected chi connectivity index (χ2v) is 4.52. The number of ether oxygens (including phenoxy) is 1. The maximum absolute atomic E-state index is 5.92. The zero-order valence-corrected chi connectivity index (χ0v) is 10.6. The number of hydrogen-bond donors (Lipinski definition) is 0. The summed E-state index contributed by atoms with van der Waals surface area (Å²) in [4.78, 5) is 3.89. The molecule has 0 radical (unpaired) electrons. The number of nitrogens with zero attached hydrogens (tertiary/aromatic N) is 1. The van der Waals surface area contributed by atoms with Crippen LogP contribution in [0.2, 0.25) is 5.02 Å². The van der Waals surface area contributed by atoms with Crippen LogP contribution in [0.5, 0.6) is 11.5 Å². The molecule has 0 saturated heterocycles. The molecular formula is C11H7ClINO. The van der Waals surface area contributed by atoms with Gasteiger partial charge in [0.05, 0.1) is 0 Å². The highest BCUT2D eigenvalue weighted by molar-refractivity contribution is 14.1. The van der Waals surface area contributed by atoms with Crippen LogP contribution in [0.4, 0.5) is 0 Å². The Balaban J connectivity index is 2.26. The highest BCUT2D eigenvalue weighted by Gasteiger charge is 2.02. The minimum absolute atomic E-state index is 0.511. The predicted molar refractivity (Wildman–Crippen MR) is 68.5 cm³/mol. The monoisotopic (exact) mass is 331 g/mol. The van der Waals surface area contributed by atoms with Gasteiger partial charge in [0.2, 0.25) is 0 Å². The number of halogens is 2. The topological polar surface area (TPSA) is 22.1 Å². The molecule has 0 unspecified atom stereocenters. The first-order valence-corrected chi connectivity index (χ1v) is 5.74. The molecule has 0 amide bonds. The fourth-order valence-corrected chi connectivity index (χ4v) is 1.78. The van der Waals surface area contributed by atoms with Crippen molar-refractivity contribution in [3.8, 4) is 11.5 Å². The SMILES string of the molecule is Clc1cnccc1Oc1cccc(I)c1. The van der Waals surface area contributed by atoms with Crippen molar-refractivity contribution in [3.05, 3.63) is 51.3 Å². The summed E-state index contributed by atoms with van der Waals surface area (Å²) < 4.78 is 6.73. The fourth-order valence-electron chi connectivity index (χ4n) is 1.10. The lowest BCUT2D eigenvalue weighted by atomic mass is 10.3. The molecule has 1 aromatic carbocycles. The van der Waals surface area contributed by atoms with Gasteiger partial charge in [0, 0.05) is 22.0 Å². The fraction of sp³-hybridized carbons (Fsp3) is 0. The molecular weight excluding hydrogens is 324 g/mol. The zero-order chi connectivity index (χ0) is 10.7. The van der Waals surface area contributed by atoms with Crippen molar-refractivity contribution in [3.63, 3.8) is 0 Å². The van der Waals surface area contributed by atoms with Gasteiger partial charge in [-0.05, 0) is 40.8 Å². The van der Waals surface area contributed by atoms with Gasteiger partial charge in [-0.1, -0.05) is 17.7 Å². The van der Waals surface area contributed by atoms with Crippen molar-refractivity contribution >= 4 is 34.2 Å². The maximum Gasteiger partial charge on any atom is 0.149 e. The Kier molecular flexibility index (Phi) is 3.43. The molecule has 2 aromatic rings. The Bertz CT molecular complexity index is 476. The minimum Gasteiger partial charge on any atom is -0.456 e. The molecule has 0 spiro atoms. The summed E-state index contributed by atoms with van der Waals surface area (Å²) in [5.41, 5.74) is 0. The molecule has 1 heterocycles. The van der Waals surface area contributed by atoms with E-state index in [9.17, 15) is 0 Å². The third-order valence-corrected chi connectivity index (χ3v) is 2.71. The molecule has 2 rings (SSSR count). The first-order valence-electron chi connectivity index (χ1n) is 4.28.